The molecule has 0 saturated carbocycles. The molecule has 1 aliphatic carbocycles. The standard InChI is InChI=1S/C15H15N3/c1-18-8-10(6-16)15-11-3-2-4-12-14(11)9(7-17-12)5-13(15)18/h2-4,7,10,13,15,17H,5,8H2,1H3. The van der Waals surface area contributed by atoms with Gasteiger partial charge >= 0.3 is 0 Å². The van der Waals surface area contributed by atoms with Crippen LogP contribution in [0.3, 0.4) is 0 Å². The number of nitrogens with one attached hydrogen (secondary N) is 1. The Morgan fingerprint density at radius 2 is 2.33 bits per heavy atom. The number of nitrogens with zero attached hydrogens (tertiary/aromatic N) is 2. The maximum atomic E-state index is 9.39. The highest BCUT2D eigenvalue weighted by molar-refractivity contribution is 5.88. The number of likely N-dealkylation sites (N-methyl/N-ethyl adjacent to an activating group) is 1. The number of hydrogen-bond donors (Lipinski definition) is 1. The Hall–Kier alpha value is -1.79. The number of aromatic nitrogens is 1. The van der Waals surface area contributed by atoms with Crippen LogP contribution in [0.15, 0.2) is 24.4 Å². The third kappa shape index (κ3) is 1.11. The minimum Gasteiger partial charge on any atom is -0.361 e. The Labute approximate surface area is 106 Å². The van der Waals surface area contributed by atoms with Gasteiger partial charge in [-0.1, -0.05) is 12.1 Å². The topological polar surface area (TPSA) is 42.8 Å². The number of fused-ring (bicyclic) bond motifs is 2. The fraction of sp³-hybridized carbons (Fsp3) is 0.400. The molecule has 0 radical (unpaired) electrons. The third-order valence-electron chi connectivity index (χ3n) is 4.67. The lowest BCUT2D eigenvalue weighted by atomic mass is 9.76. The molecule has 1 fully saturated rings. The van der Waals surface area contributed by atoms with Crippen molar-refractivity contribution < 1.29 is 0 Å². The number of aromatic amines is 1. The molecule has 1 aromatic carbocycles. The van der Waals surface area contributed by atoms with E-state index in [1.165, 1.54) is 22.0 Å². The quantitative estimate of drug-likeness (QED) is 0.763. The largest absolute Gasteiger partial charge is 0.361 e. The maximum absolute atomic E-state index is 9.39. The number of hydrogen-bond acceptors (Lipinski definition) is 2. The second kappa shape index (κ2) is 3.37. The summed E-state index contributed by atoms with van der Waals surface area (Å²) in [6.07, 6.45) is 3.20. The fourth-order valence-corrected chi connectivity index (χ4v) is 3.88. The fourth-order valence-electron chi connectivity index (χ4n) is 3.88. The normalized spacial score (nSPS) is 30.3. The van der Waals surface area contributed by atoms with Gasteiger partial charge in [-0.2, -0.15) is 5.26 Å². The summed E-state index contributed by atoms with van der Waals surface area (Å²) < 4.78 is 0. The lowest BCUT2D eigenvalue weighted by Crippen LogP contribution is -2.32. The number of rotatable bonds is 0. The van der Waals surface area contributed by atoms with Crippen molar-refractivity contribution in [2.24, 2.45) is 5.92 Å². The summed E-state index contributed by atoms with van der Waals surface area (Å²) in [7, 11) is 2.15. The van der Waals surface area contributed by atoms with Crippen LogP contribution in [0.4, 0.5) is 0 Å². The first kappa shape index (κ1) is 10.2. The summed E-state index contributed by atoms with van der Waals surface area (Å²) in [6, 6.07) is 9.44. The van der Waals surface area contributed by atoms with E-state index in [0.29, 0.717) is 12.0 Å². The zero-order chi connectivity index (χ0) is 12.3. The molecule has 3 unspecified atom stereocenters. The third-order valence-corrected chi connectivity index (χ3v) is 4.67. The van der Waals surface area contributed by atoms with Crippen molar-refractivity contribution in [3.63, 3.8) is 0 Å². The maximum Gasteiger partial charge on any atom is 0.0676 e. The van der Waals surface area contributed by atoms with E-state index in [0.717, 1.165) is 13.0 Å². The van der Waals surface area contributed by atoms with Crippen LogP contribution < -0.4 is 0 Å². The van der Waals surface area contributed by atoms with Crippen LogP contribution in [-0.2, 0) is 6.42 Å². The molecule has 2 aliphatic rings. The number of likely N-dealkylation sites (tertiary alicyclic amines) is 1. The molecule has 3 heteroatoms. The van der Waals surface area contributed by atoms with Crippen molar-refractivity contribution >= 4 is 10.9 Å². The predicted octanol–water partition coefficient (Wildman–Crippen LogP) is 2.26. The van der Waals surface area contributed by atoms with Gasteiger partial charge in [-0.05, 0) is 30.7 Å². The second-order valence-electron chi connectivity index (χ2n) is 5.56. The van der Waals surface area contributed by atoms with E-state index in [1.54, 1.807) is 0 Å². The van der Waals surface area contributed by atoms with E-state index in [-0.39, 0.29) is 5.92 Å². The SMILES string of the molecule is CN1CC(C#N)C2c3cccc4[nH]cc(c34)CC21. The zero-order valence-electron chi connectivity index (χ0n) is 10.4. The molecule has 1 aromatic heterocycles. The average Bonchev–Trinajstić information content (AvgIpc) is 2.94. The summed E-state index contributed by atoms with van der Waals surface area (Å²) in [5, 5.41) is 10.8. The van der Waals surface area contributed by atoms with E-state index < -0.39 is 0 Å². The lowest BCUT2D eigenvalue weighted by Gasteiger charge is -2.30. The van der Waals surface area contributed by atoms with Gasteiger partial charge in [0.05, 0.1) is 12.0 Å². The van der Waals surface area contributed by atoms with Crippen LogP contribution in [0.1, 0.15) is 17.0 Å². The van der Waals surface area contributed by atoms with E-state index in [1.807, 2.05) is 0 Å². The molecule has 3 atom stereocenters. The first-order chi connectivity index (χ1) is 8.79. The van der Waals surface area contributed by atoms with Gasteiger partial charge in [0.2, 0.25) is 0 Å². The lowest BCUT2D eigenvalue weighted by molar-refractivity contribution is 0.294. The molecule has 1 aliphatic heterocycles. The van der Waals surface area contributed by atoms with Gasteiger partial charge in [-0.3, -0.25) is 0 Å². The van der Waals surface area contributed by atoms with E-state index >= 15 is 0 Å². The van der Waals surface area contributed by atoms with E-state index in [2.05, 4.69) is 47.4 Å². The molecule has 0 bridgehead atoms. The van der Waals surface area contributed by atoms with Gasteiger partial charge in [0.15, 0.2) is 0 Å². The number of nitriles is 1. The summed E-state index contributed by atoms with van der Waals surface area (Å²) in [5.41, 5.74) is 4.00. The van der Waals surface area contributed by atoms with Crippen LogP contribution >= 0.6 is 0 Å². The molecule has 4 rings (SSSR count). The smallest absolute Gasteiger partial charge is 0.0676 e. The van der Waals surface area contributed by atoms with Crippen LogP contribution in [0.25, 0.3) is 10.9 Å². The average molecular weight is 237 g/mol. The van der Waals surface area contributed by atoms with Gasteiger partial charge < -0.3 is 9.88 Å². The minimum atomic E-state index is 0.133. The molecule has 3 nitrogen and oxygen atoms in total. The molecule has 2 heterocycles. The molecular formula is C15H15N3. The van der Waals surface area contributed by atoms with Gasteiger partial charge in [0.1, 0.15) is 0 Å². The number of H-pyrrole nitrogens is 1. The van der Waals surface area contributed by atoms with Crippen LogP contribution in [0.5, 0.6) is 0 Å². The van der Waals surface area contributed by atoms with Crippen molar-refractivity contribution in [1.82, 2.24) is 9.88 Å². The summed E-state index contributed by atoms with van der Waals surface area (Å²) in [4.78, 5) is 5.71. The Balaban J connectivity index is 1.99. The van der Waals surface area contributed by atoms with Gasteiger partial charge in [0, 0.05) is 35.6 Å². The number of benzene rings is 1. The minimum absolute atomic E-state index is 0.133. The molecule has 1 N–H and O–H groups in total. The highest BCUT2D eigenvalue weighted by Gasteiger charge is 2.44. The summed E-state index contributed by atoms with van der Waals surface area (Å²) >= 11 is 0. The molecule has 0 spiro atoms. The Morgan fingerprint density at radius 1 is 1.44 bits per heavy atom. The van der Waals surface area contributed by atoms with Gasteiger partial charge in [-0.15, -0.1) is 0 Å². The molecule has 1 saturated heterocycles. The molecule has 0 amide bonds. The molecule has 18 heavy (non-hydrogen) atoms. The highest BCUT2D eigenvalue weighted by Crippen LogP contribution is 2.45. The van der Waals surface area contributed by atoms with Crippen molar-refractivity contribution in [3.8, 4) is 6.07 Å². The zero-order valence-corrected chi connectivity index (χ0v) is 10.4. The van der Waals surface area contributed by atoms with Gasteiger partial charge in [-0.25, -0.2) is 0 Å². The Bertz CT molecular complexity index is 664. The Kier molecular flexibility index (Phi) is 1.90. The molecular weight excluding hydrogens is 222 g/mol. The second-order valence-corrected chi connectivity index (χ2v) is 5.56. The van der Waals surface area contributed by atoms with Crippen LogP contribution in [0, 0.1) is 17.2 Å². The Morgan fingerprint density at radius 3 is 3.17 bits per heavy atom. The first-order valence-corrected chi connectivity index (χ1v) is 6.48. The highest BCUT2D eigenvalue weighted by atomic mass is 15.2. The van der Waals surface area contributed by atoms with Crippen LogP contribution in [-0.4, -0.2) is 29.5 Å². The first-order valence-electron chi connectivity index (χ1n) is 6.48. The van der Waals surface area contributed by atoms with Crippen molar-refractivity contribution in [3.05, 3.63) is 35.5 Å². The summed E-state index contributed by atoms with van der Waals surface area (Å²) in [6.45, 7) is 0.899. The monoisotopic (exact) mass is 237 g/mol. The van der Waals surface area contributed by atoms with Crippen molar-refractivity contribution in [1.29, 1.82) is 5.26 Å². The van der Waals surface area contributed by atoms with Gasteiger partial charge in [0.25, 0.3) is 0 Å². The van der Waals surface area contributed by atoms with Crippen molar-refractivity contribution in [2.75, 3.05) is 13.6 Å². The molecule has 90 valence electrons. The van der Waals surface area contributed by atoms with Crippen molar-refractivity contribution in [2.45, 2.75) is 18.4 Å². The summed E-state index contributed by atoms with van der Waals surface area (Å²) in [5.74, 6) is 0.514. The van der Waals surface area contributed by atoms with E-state index in [9.17, 15) is 5.26 Å². The molecule has 2 aromatic rings. The predicted molar refractivity (Wildman–Crippen MR) is 70.3 cm³/mol. The van der Waals surface area contributed by atoms with E-state index in [4.69, 9.17) is 0 Å². The van der Waals surface area contributed by atoms with Crippen LogP contribution in [0.2, 0.25) is 0 Å².